The number of rotatable bonds is 5. The van der Waals surface area contributed by atoms with E-state index < -0.39 is 0 Å². The second-order valence-corrected chi connectivity index (χ2v) is 3.28. The van der Waals surface area contributed by atoms with Gasteiger partial charge in [0.05, 0.1) is 0 Å². The summed E-state index contributed by atoms with van der Waals surface area (Å²) in [6.07, 6.45) is 6.56. The summed E-state index contributed by atoms with van der Waals surface area (Å²) in [5, 5.41) is 0. The van der Waals surface area contributed by atoms with Gasteiger partial charge in [0.2, 0.25) is 0 Å². The Hall–Kier alpha value is -1.12. The zero-order chi connectivity index (χ0) is 9.68. The molecule has 1 unspecified atom stereocenters. The van der Waals surface area contributed by atoms with Gasteiger partial charge in [0, 0.05) is 31.3 Å². The van der Waals surface area contributed by atoms with Crippen LogP contribution < -0.4 is 0 Å². The van der Waals surface area contributed by atoms with E-state index in [9.17, 15) is 4.79 Å². The Balaban J connectivity index is 2.48. The van der Waals surface area contributed by atoms with Crippen molar-refractivity contribution in [2.45, 2.75) is 33.2 Å². The third-order valence-corrected chi connectivity index (χ3v) is 2.20. The Bertz CT molecular complexity index is 268. The molecule has 0 N–H and O–H groups in total. The number of imidazole rings is 1. The number of aryl methyl sites for hydroxylation is 2. The molecule has 0 aliphatic heterocycles. The van der Waals surface area contributed by atoms with E-state index in [1.807, 2.05) is 19.3 Å². The summed E-state index contributed by atoms with van der Waals surface area (Å²) in [6, 6.07) is 0. The molecule has 3 heteroatoms. The minimum absolute atomic E-state index is 0.141. The van der Waals surface area contributed by atoms with Gasteiger partial charge in [-0.15, -0.1) is 0 Å². The summed E-state index contributed by atoms with van der Waals surface area (Å²) in [5.41, 5.74) is 0. The van der Waals surface area contributed by atoms with Gasteiger partial charge in [0.15, 0.2) is 0 Å². The smallest absolute Gasteiger partial charge is 0.122 e. The van der Waals surface area contributed by atoms with E-state index in [1.165, 1.54) is 0 Å². The molecule has 1 heterocycles. The molecule has 1 aromatic heterocycles. The Morgan fingerprint density at radius 3 is 3.08 bits per heavy atom. The third kappa shape index (κ3) is 2.68. The van der Waals surface area contributed by atoms with Gasteiger partial charge in [0.1, 0.15) is 12.1 Å². The van der Waals surface area contributed by atoms with E-state index in [-0.39, 0.29) is 5.92 Å². The van der Waals surface area contributed by atoms with Crippen LogP contribution in [0.15, 0.2) is 12.4 Å². The molecule has 0 aliphatic carbocycles. The highest BCUT2D eigenvalue weighted by molar-refractivity contribution is 5.52. The van der Waals surface area contributed by atoms with Gasteiger partial charge in [0.25, 0.3) is 0 Å². The fourth-order valence-electron chi connectivity index (χ4n) is 1.28. The largest absolute Gasteiger partial charge is 0.335 e. The van der Waals surface area contributed by atoms with Crippen molar-refractivity contribution in [3.05, 3.63) is 18.2 Å². The lowest BCUT2D eigenvalue weighted by molar-refractivity contribution is -0.110. The average Bonchev–Trinajstić information content (AvgIpc) is 2.61. The van der Waals surface area contributed by atoms with E-state index in [2.05, 4.69) is 16.5 Å². The number of hydrogen-bond acceptors (Lipinski definition) is 2. The summed E-state index contributed by atoms with van der Waals surface area (Å²) < 4.78 is 2.11. The van der Waals surface area contributed by atoms with E-state index in [0.29, 0.717) is 0 Å². The summed E-state index contributed by atoms with van der Waals surface area (Å²) in [5.74, 6) is 1.22. The molecule has 13 heavy (non-hydrogen) atoms. The molecule has 0 aromatic carbocycles. The van der Waals surface area contributed by atoms with Crippen molar-refractivity contribution >= 4 is 6.29 Å². The Morgan fingerprint density at radius 1 is 1.69 bits per heavy atom. The summed E-state index contributed by atoms with van der Waals surface area (Å²) >= 11 is 0. The van der Waals surface area contributed by atoms with Crippen LogP contribution in [0.25, 0.3) is 0 Å². The minimum Gasteiger partial charge on any atom is -0.335 e. The van der Waals surface area contributed by atoms with E-state index >= 15 is 0 Å². The van der Waals surface area contributed by atoms with Crippen molar-refractivity contribution in [2.75, 3.05) is 0 Å². The molecule has 3 nitrogen and oxygen atoms in total. The highest BCUT2D eigenvalue weighted by Crippen LogP contribution is 2.06. The van der Waals surface area contributed by atoms with E-state index in [4.69, 9.17) is 0 Å². The number of carbonyl (C=O) groups excluding carboxylic acids is 1. The van der Waals surface area contributed by atoms with Crippen LogP contribution in [0.2, 0.25) is 0 Å². The average molecular weight is 180 g/mol. The predicted octanol–water partition coefficient (Wildman–Crippen LogP) is 1.67. The molecule has 1 aromatic rings. The first kappa shape index (κ1) is 9.96. The molecule has 0 fully saturated rings. The first-order valence-electron chi connectivity index (χ1n) is 4.73. The Labute approximate surface area is 78.8 Å². The molecule has 0 saturated carbocycles. The quantitative estimate of drug-likeness (QED) is 0.646. The highest BCUT2D eigenvalue weighted by atomic mass is 16.1. The van der Waals surface area contributed by atoms with Crippen molar-refractivity contribution in [2.24, 2.45) is 5.92 Å². The molecule has 0 saturated heterocycles. The van der Waals surface area contributed by atoms with Crippen molar-refractivity contribution in [1.29, 1.82) is 0 Å². The molecule has 0 amide bonds. The Morgan fingerprint density at radius 2 is 2.46 bits per heavy atom. The van der Waals surface area contributed by atoms with Crippen LogP contribution in [0.1, 0.15) is 26.1 Å². The Kier molecular flexibility index (Phi) is 3.68. The second-order valence-electron chi connectivity index (χ2n) is 3.28. The van der Waals surface area contributed by atoms with Crippen molar-refractivity contribution in [3.8, 4) is 0 Å². The van der Waals surface area contributed by atoms with Gasteiger partial charge in [-0.3, -0.25) is 0 Å². The summed E-state index contributed by atoms with van der Waals surface area (Å²) in [6.45, 7) is 4.98. The van der Waals surface area contributed by atoms with Crippen LogP contribution in [0.5, 0.6) is 0 Å². The van der Waals surface area contributed by atoms with E-state index in [0.717, 1.165) is 31.5 Å². The maximum Gasteiger partial charge on any atom is 0.122 e. The van der Waals surface area contributed by atoms with Crippen molar-refractivity contribution in [3.63, 3.8) is 0 Å². The standard InChI is InChI=1S/C10H16N2O/c1-3-12-7-6-11-10(12)5-4-9(2)8-13/h6-9H,3-5H2,1-2H3. The predicted molar refractivity (Wildman–Crippen MR) is 51.5 cm³/mol. The highest BCUT2D eigenvalue weighted by Gasteiger charge is 2.04. The first-order valence-corrected chi connectivity index (χ1v) is 4.73. The number of aldehydes is 1. The molecular weight excluding hydrogens is 164 g/mol. The lowest BCUT2D eigenvalue weighted by Gasteiger charge is -2.05. The molecule has 0 radical (unpaired) electrons. The number of carbonyl (C=O) groups is 1. The van der Waals surface area contributed by atoms with Crippen LogP contribution in [0.3, 0.4) is 0 Å². The third-order valence-electron chi connectivity index (χ3n) is 2.20. The van der Waals surface area contributed by atoms with Crippen molar-refractivity contribution < 1.29 is 4.79 Å². The van der Waals surface area contributed by atoms with Gasteiger partial charge in [-0.25, -0.2) is 4.98 Å². The van der Waals surface area contributed by atoms with Gasteiger partial charge in [-0.2, -0.15) is 0 Å². The zero-order valence-corrected chi connectivity index (χ0v) is 8.23. The van der Waals surface area contributed by atoms with Crippen LogP contribution in [-0.2, 0) is 17.8 Å². The lowest BCUT2D eigenvalue weighted by atomic mass is 10.1. The van der Waals surface area contributed by atoms with Gasteiger partial charge in [-0.1, -0.05) is 6.92 Å². The normalized spacial score (nSPS) is 12.8. The zero-order valence-electron chi connectivity index (χ0n) is 8.23. The van der Waals surface area contributed by atoms with Gasteiger partial charge >= 0.3 is 0 Å². The van der Waals surface area contributed by atoms with Gasteiger partial charge in [-0.05, 0) is 13.3 Å². The van der Waals surface area contributed by atoms with Gasteiger partial charge < -0.3 is 9.36 Å². The molecule has 72 valence electrons. The number of hydrogen-bond donors (Lipinski definition) is 0. The second kappa shape index (κ2) is 4.80. The van der Waals surface area contributed by atoms with Crippen LogP contribution in [-0.4, -0.2) is 15.8 Å². The van der Waals surface area contributed by atoms with Crippen LogP contribution in [0.4, 0.5) is 0 Å². The number of aromatic nitrogens is 2. The maximum atomic E-state index is 10.4. The summed E-state index contributed by atoms with van der Waals surface area (Å²) in [4.78, 5) is 14.6. The monoisotopic (exact) mass is 180 g/mol. The molecule has 0 aliphatic rings. The fraction of sp³-hybridized carbons (Fsp3) is 0.600. The van der Waals surface area contributed by atoms with Crippen LogP contribution >= 0.6 is 0 Å². The molecular formula is C10H16N2O. The van der Waals surface area contributed by atoms with E-state index in [1.54, 1.807) is 0 Å². The topological polar surface area (TPSA) is 34.9 Å². The number of nitrogens with zero attached hydrogens (tertiary/aromatic N) is 2. The minimum atomic E-state index is 0.141. The molecule has 0 bridgehead atoms. The summed E-state index contributed by atoms with van der Waals surface area (Å²) in [7, 11) is 0. The fourth-order valence-corrected chi connectivity index (χ4v) is 1.28. The van der Waals surface area contributed by atoms with Crippen LogP contribution in [0, 0.1) is 5.92 Å². The first-order chi connectivity index (χ1) is 6.27. The maximum absolute atomic E-state index is 10.4. The molecule has 1 rings (SSSR count). The SMILES string of the molecule is CCn1ccnc1CCC(C)C=O. The molecule has 0 spiro atoms. The van der Waals surface area contributed by atoms with Crippen molar-refractivity contribution in [1.82, 2.24) is 9.55 Å². The lowest BCUT2D eigenvalue weighted by Crippen LogP contribution is -2.04. The molecule has 1 atom stereocenters.